The minimum Gasteiger partial charge on any atom is -0.495 e. The number of anilines is 4. The van der Waals surface area contributed by atoms with Crippen LogP contribution in [0.5, 0.6) is 5.75 Å². The molecule has 8 heteroatoms. The van der Waals surface area contributed by atoms with Crippen LogP contribution in [0.4, 0.5) is 23.0 Å². The van der Waals surface area contributed by atoms with Crippen molar-refractivity contribution in [2.45, 2.75) is 0 Å². The van der Waals surface area contributed by atoms with Gasteiger partial charge in [0, 0.05) is 62.1 Å². The van der Waals surface area contributed by atoms with E-state index in [4.69, 9.17) is 15.5 Å². The number of fused-ring (bicyclic) bond motifs is 1. The molecule has 0 amide bonds. The number of aromatic nitrogens is 3. The van der Waals surface area contributed by atoms with Gasteiger partial charge in [0.05, 0.1) is 29.9 Å². The molecule has 4 rings (SSSR count). The molecular formula is C25H31N7O. The van der Waals surface area contributed by atoms with Crippen LogP contribution in [0, 0.1) is 0 Å². The first-order valence-electron chi connectivity index (χ1n) is 10.9. The maximum Gasteiger partial charge on any atom is 0.230 e. The molecule has 0 saturated carbocycles. The number of likely N-dealkylation sites (N-methyl/N-ethyl adjacent to an activating group) is 1. The number of nitrogens with two attached hydrogens (primary N) is 1. The Bertz CT molecular complexity index is 1270. The Morgan fingerprint density at radius 2 is 1.91 bits per heavy atom. The summed E-state index contributed by atoms with van der Waals surface area (Å²) in [6, 6.07) is 14.1. The Morgan fingerprint density at radius 3 is 2.67 bits per heavy atom. The lowest BCUT2D eigenvalue weighted by Crippen LogP contribution is -2.21. The smallest absolute Gasteiger partial charge is 0.230 e. The van der Waals surface area contributed by atoms with Gasteiger partial charge in [-0.05, 0) is 32.3 Å². The molecule has 0 aliphatic carbocycles. The van der Waals surface area contributed by atoms with Crippen molar-refractivity contribution in [1.29, 1.82) is 0 Å². The maximum absolute atomic E-state index is 6.39. The summed E-state index contributed by atoms with van der Waals surface area (Å²) in [5.41, 5.74) is 11.8. The summed E-state index contributed by atoms with van der Waals surface area (Å²) in [5, 5.41) is 4.59. The lowest BCUT2D eigenvalue weighted by atomic mass is 10.1. The molecule has 172 valence electrons. The normalized spacial score (nSPS) is 11.2. The zero-order chi connectivity index (χ0) is 23.5. The number of para-hydroxylation sites is 1. The molecule has 0 saturated heterocycles. The van der Waals surface area contributed by atoms with E-state index in [1.165, 1.54) is 0 Å². The predicted molar refractivity (Wildman–Crippen MR) is 136 cm³/mol. The van der Waals surface area contributed by atoms with Crippen molar-refractivity contribution in [2.75, 3.05) is 57.3 Å². The molecule has 0 bridgehead atoms. The van der Waals surface area contributed by atoms with Crippen molar-refractivity contribution in [2.24, 2.45) is 7.05 Å². The van der Waals surface area contributed by atoms with E-state index in [1.54, 1.807) is 13.3 Å². The second-order valence-corrected chi connectivity index (χ2v) is 8.31. The molecule has 0 spiro atoms. The van der Waals surface area contributed by atoms with E-state index in [0.29, 0.717) is 17.4 Å². The molecule has 3 N–H and O–H groups in total. The SMILES string of the molecule is COc1cc(N)c(N(C)c2nccc(-c3cn(C)c4ccccc34)n2)cc1NCCN(C)C. The molecular weight excluding hydrogens is 414 g/mol. The van der Waals surface area contributed by atoms with Crippen LogP contribution in [0.2, 0.25) is 0 Å². The number of hydrogen-bond donors (Lipinski definition) is 2. The number of nitrogens with one attached hydrogen (secondary N) is 1. The van der Waals surface area contributed by atoms with Crippen LogP contribution in [-0.4, -0.2) is 60.8 Å². The summed E-state index contributed by atoms with van der Waals surface area (Å²) < 4.78 is 7.65. The molecule has 2 aromatic heterocycles. The zero-order valence-electron chi connectivity index (χ0n) is 19.8. The fourth-order valence-electron chi connectivity index (χ4n) is 3.91. The van der Waals surface area contributed by atoms with Gasteiger partial charge in [-0.3, -0.25) is 0 Å². The van der Waals surface area contributed by atoms with E-state index in [-0.39, 0.29) is 0 Å². The van der Waals surface area contributed by atoms with Gasteiger partial charge in [-0.15, -0.1) is 0 Å². The first kappa shape index (κ1) is 22.4. The van der Waals surface area contributed by atoms with E-state index >= 15 is 0 Å². The first-order valence-corrected chi connectivity index (χ1v) is 10.9. The van der Waals surface area contributed by atoms with Gasteiger partial charge >= 0.3 is 0 Å². The molecule has 0 aliphatic rings. The Balaban J connectivity index is 1.69. The van der Waals surface area contributed by atoms with Crippen molar-refractivity contribution >= 4 is 33.9 Å². The van der Waals surface area contributed by atoms with Gasteiger partial charge < -0.3 is 30.2 Å². The van der Waals surface area contributed by atoms with Gasteiger partial charge in [0.25, 0.3) is 0 Å². The summed E-state index contributed by atoms with van der Waals surface area (Å²) in [6.07, 6.45) is 3.89. The highest BCUT2D eigenvalue weighted by Gasteiger charge is 2.17. The van der Waals surface area contributed by atoms with Crippen molar-refractivity contribution in [3.8, 4) is 17.0 Å². The highest BCUT2D eigenvalue weighted by Crippen LogP contribution is 2.37. The third-order valence-electron chi connectivity index (χ3n) is 5.70. The molecule has 2 aromatic carbocycles. The molecule has 0 unspecified atom stereocenters. The van der Waals surface area contributed by atoms with Gasteiger partial charge in [-0.2, -0.15) is 0 Å². The highest BCUT2D eigenvalue weighted by atomic mass is 16.5. The van der Waals surface area contributed by atoms with Crippen LogP contribution in [0.3, 0.4) is 0 Å². The summed E-state index contributed by atoms with van der Waals surface area (Å²) in [7, 11) is 9.70. The molecule has 0 fully saturated rings. The lowest BCUT2D eigenvalue weighted by Gasteiger charge is -2.22. The fourth-order valence-corrected chi connectivity index (χ4v) is 3.91. The van der Waals surface area contributed by atoms with E-state index in [2.05, 4.69) is 38.1 Å². The third kappa shape index (κ3) is 4.56. The first-order chi connectivity index (χ1) is 15.9. The average Bonchev–Trinajstić information content (AvgIpc) is 3.16. The van der Waals surface area contributed by atoms with Crippen molar-refractivity contribution in [1.82, 2.24) is 19.4 Å². The van der Waals surface area contributed by atoms with Crippen LogP contribution in [-0.2, 0) is 7.05 Å². The lowest BCUT2D eigenvalue weighted by molar-refractivity contribution is 0.413. The zero-order valence-corrected chi connectivity index (χ0v) is 19.8. The molecule has 4 aromatic rings. The minimum atomic E-state index is 0.566. The van der Waals surface area contributed by atoms with Gasteiger partial charge in [-0.25, -0.2) is 9.97 Å². The minimum absolute atomic E-state index is 0.566. The van der Waals surface area contributed by atoms with Crippen LogP contribution >= 0.6 is 0 Å². The van der Waals surface area contributed by atoms with E-state index in [0.717, 1.165) is 46.6 Å². The van der Waals surface area contributed by atoms with Crippen LogP contribution in [0.25, 0.3) is 22.2 Å². The van der Waals surface area contributed by atoms with Gasteiger partial charge in [0.1, 0.15) is 5.75 Å². The topological polar surface area (TPSA) is 84.5 Å². The number of nitrogens with zero attached hydrogens (tertiary/aromatic N) is 5. The molecule has 33 heavy (non-hydrogen) atoms. The van der Waals surface area contributed by atoms with Crippen LogP contribution in [0.1, 0.15) is 0 Å². The molecule has 8 nitrogen and oxygen atoms in total. The molecule has 2 heterocycles. The predicted octanol–water partition coefficient (Wildman–Crippen LogP) is 3.97. The standard InChI is InChI=1S/C25H31N7O/c1-30(2)13-12-27-21-15-23(19(26)14-24(21)33-5)32(4)25-28-11-10-20(29-25)18-16-31(3)22-9-7-6-8-17(18)22/h6-11,14-16,27H,12-13,26H2,1-5H3. The van der Waals surface area contributed by atoms with Crippen molar-refractivity contribution < 1.29 is 4.74 Å². The average molecular weight is 446 g/mol. The molecule has 0 aliphatic heterocycles. The Morgan fingerprint density at radius 1 is 1.12 bits per heavy atom. The van der Waals surface area contributed by atoms with E-state index in [9.17, 15) is 0 Å². The highest BCUT2D eigenvalue weighted by molar-refractivity contribution is 5.95. The largest absolute Gasteiger partial charge is 0.495 e. The number of rotatable bonds is 8. The van der Waals surface area contributed by atoms with Crippen LogP contribution < -0.4 is 20.7 Å². The van der Waals surface area contributed by atoms with Gasteiger partial charge in [0.2, 0.25) is 5.95 Å². The fraction of sp³-hybridized carbons (Fsp3) is 0.280. The second-order valence-electron chi connectivity index (χ2n) is 8.31. The third-order valence-corrected chi connectivity index (χ3v) is 5.70. The van der Waals surface area contributed by atoms with E-state index < -0.39 is 0 Å². The summed E-state index contributed by atoms with van der Waals surface area (Å²) in [4.78, 5) is 13.4. The van der Waals surface area contributed by atoms with Crippen LogP contribution in [0.15, 0.2) is 54.9 Å². The number of aryl methyl sites for hydroxylation is 1. The van der Waals surface area contributed by atoms with Gasteiger partial charge in [0.15, 0.2) is 0 Å². The Kier molecular flexibility index (Phi) is 6.37. The van der Waals surface area contributed by atoms with Crippen molar-refractivity contribution in [3.05, 3.63) is 54.9 Å². The van der Waals surface area contributed by atoms with Crippen molar-refractivity contribution in [3.63, 3.8) is 0 Å². The number of methoxy groups -OCH3 is 1. The summed E-state index contributed by atoms with van der Waals surface area (Å²) in [6.45, 7) is 1.68. The van der Waals surface area contributed by atoms with E-state index in [1.807, 2.05) is 63.4 Å². The Hall–Kier alpha value is -3.78. The number of nitrogen functional groups attached to an aromatic ring is 1. The number of hydrogen-bond acceptors (Lipinski definition) is 7. The second kappa shape index (κ2) is 9.38. The molecule has 0 atom stereocenters. The van der Waals surface area contributed by atoms with Gasteiger partial charge in [-0.1, -0.05) is 18.2 Å². The molecule has 0 radical (unpaired) electrons. The summed E-state index contributed by atoms with van der Waals surface area (Å²) in [5.74, 6) is 1.27. The Labute approximate surface area is 194 Å². The quantitative estimate of drug-likeness (QED) is 0.397. The number of benzene rings is 2. The maximum atomic E-state index is 6.39. The summed E-state index contributed by atoms with van der Waals surface area (Å²) >= 11 is 0. The number of ether oxygens (including phenoxy) is 1. The monoisotopic (exact) mass is 445 g/mol.